The van der Waals surface area contributed by atoms with Crippen molar-refractivity contribution in [3.8, 4) is 0 Å². The van der Waals surface area contributed by atoms with E-state index < -0.39 is 62.8 Å². The molecule has 1 fully saturated rings. The predicted molar refractivity (Wildman–Crippen MR) is 253 cm³/mol. The summed E-state index contributed by atoms with van der Waals surface area (Å²) in [6, 6.07) is 0. The van der Waals surface area contributed by atoms with E-state index in [-0.39, 0.29) is 87.7 Å². The maximum absolute atomic E-state index is 12.8. The molecule has 3 amide bonds. The van der Waals surface area contributed by atoms with Crippen LogP contribution in [0.3, 0.4) is 0 Å². The van der Waals surface area contributed by atoms with Crippen LogP contribution in [0.2, 0.25) is 0 Å². The van der Waals surface area contributed by atoms with Crippen LogP contribution in [0, 0.1) is 0 Å². The van der Waals surface area contributed by atoms with Crippen LogP contribution in [0.5, 0.6) is 0 Å². The number of esters is 2. The van der Waals surface area contributed by atoms with Crippen molar-refractivity contribution < 1.29 is 91.1 Å². The molecule has 1 N–H and O–H groups in total. The number of hydroxylamine groups is 2. The van der Waals surface area contributed by atoms with Crippen LogP contribution in [0.15, 0.2) is 0 Å². The van der Waals surface area contributed by atoms with Gasteiger partial charge in [-0.05, 0) is 19.3 Å². The summed E-state index contributed by atoms with van der Waals surface area (Å²) in [6.07, 6.45) is 35.0. The number of phosphoric acid groups is 1. The van der Waals surface area contributed by atoms with Crippen molar-refractivity contribution in [3.63, 3.8) is 0 Å². The molecule has 0 bridgehead atoms. The Morgan fingerprint density at radius 3 is 1.36 bits per heavy atom. The number of carbonyl (C=O) groups excluding carboxylic acids is 6. The van der Waals surface area contributed by atoms with Crippen LogP contribution < -0.4 is 39.8 Å². The summed E-state index contributed by atoms with van der Waals surface area (Å²) in [5, 5.41) is 2.90. The summed E-state index contributed by atoms with van der Waals surface area (Å²) in [7, 11) is -4.91. The van der Waals surface area contributed by atoms with Gasteiger partial charge in [-0.3, -0.25) is 28.5 Å². The van der Waals surface area contributed by atoms with Gasteiger partial charge in [0.15, 0.2) is 6.10 Å². The van der Waals surface area contributed by atoms with Gasteiger partial charge in [0.1, 0.15) is 6.61 Å². The molecule has 15 nitrogen and oxygen atoms in total. The van der Waals surface area contributed by atoms with E-state index in [2.05, 4.69) is 19.2 Å². The van der Waals surface area contributed by atoms with E-state index in [4.69, 9.17) is 23.4 Å². The number of nitrogens with zero attached hydrogens (tertiary/aromatic N) is 1. The van der Waals surface area contributed by atoms with Gasteiger partial charge in [0.2, 0.25) is 5.91 Å². The Bertz CT molecular complexity index is 1340. The van der Waals surface area contributed by atoms with Crippen molar-refractivity contribution in [2.24, 2.45) is 0 Å². The standard InChI is InChI=1S/C50H91N2O13P.Na/c1-3-5-7-9-11-13-15-17-19-21-23-25-27-29-31-35-48(56)61-42-44(64-49(57)36-32-30-28-26-24-22-20-18-16-14-12-10-8-6-4-2)43-63-66(59,60)62-41-40-51-45(53)34-33-37-50(58)65-52-46(54)38-39-47(52)55;/h44H,3-43H2,1-2H3,(H,51,53)(H,59,60);/q;+1/p-1. The monoisotopic (exact) mass is 981 g/mol. The predicted octanol–water partition coefficient (Wildman–Crippen LogP) is 8.36. The number of ether oxygens (including phenoxy) is 2. The first-order valence-corrected chi connectivity index (χ1v) is 27.7. The van der Waals surface area contributed by atoms with Crippen LogP contribution in [0.4, 0.5) is 0 Å². The van der Waals surface area contributed by atoms with Crippen LogP contribution in [0.1, 0.15) is 251 Å². The second-order valence-electron chi connectivity index (χ2n) is 18.0. The Balaban J connectivity index is 0.0000436. The van der Waals surface area contributed by atoms with Gasteiger partial charge in [-0.2, -0.15) is 0 Å². The number of imide groups is 1. The molecule has 2 atom stereocenters. The average Bonchev–Trinajstić information content (AvgIpc) is 3.60. The number of carbonyl (C=O) groups is 6. The summed E-state index contributed by atoms with van der Waals surface area (Å²) >= 11 is 0. The number of amides is 3. The van der Waals surface area contributed by atoms with Gasteiger partial charge >= 0.3 is 47.5 Å². The van der Waals surface area contributed by atoms with Gasteiger partial charge in [-0.15, -0.1) is 5.06 Å². The molecular formula is C50H90N2NaO13P. The molecule has 384 valence electrons. The summed E-state index contributed by atoms with van der Waals surface area (Å²) in [6.45, 7) is 2.86. The van der Waals surface area contributed by atoms with Crippen molar-refractivity contribution >= 4 is 43.5 Å². The smallest absolute Gasteiger partial charge is 0.756 e. The van der Waals surface area contributed by atoms with E-state index in [0.29, 0.717) is 17.9 Å². The molecule has 0 aromatic carbocycles. The first-order chi connectivity index (χ1) is 32.0. The zero-order valence-corrected chi connectivity index (χ0v) is 45.2. The summed E-state index contributed by atoms with van der Waals surface area (Å²) in [4.78, 5) is 89.9. The zero-order valence-electron chi connectivity index (χ0n) is 42.3. The number of unbranched alkanes of at least 4 members (excludes halogenated alkanes) is 28. The summed E-state index contributed by atoms with van der Waals surface area (Å²) in [5.41, 5.74) is 0. The molecule has 1 rings (SSSR count). The second-order valence-corrected chi connectivity index (χ2v) is 19.4. The molecule has 17 heteroatoms. The fraction of sp³-hybridized carbons (Fsp3) is 0.880. The van der Waals surface area contributed by atoms with E-state index in [1.54, 1.807) is 0 Å². The van der Waals surface area contributed by atoms with Crippen LogP contribution in [-0.2, 0) is 56.7 Å². The molecule has 0 aromatic heterocycles. The minimum absolute atomic E-state index is 0. The largest absolute Gasteiger partial charge is 1.00 e. The topological polar surface area (TPSA) is 204 Å². The third kappa shape index (κ3) is 40.6. The molecule has 1 saturated heterocycles. The Morgan fingerprint density at radius 1 is 0.537 bits per heavy atom. The molecule has 2 unspecified atom stereocenters. The van der Waals surface area contributed by atoms with Crippen molar-refractivity contribution in [1.82, 2.24) is 10.4 Å². The number of rotatable bonds is 47. The van der Waals surface area contributed by atoms with E-state index in [9.17, 15) is 38.2 Å². The Hall–Kier alpha value is -1.87. The number of nitrogens with one attached hydrogen (secondary N) is 1. The number of phosphoric ester groups is 1. The van der Waals surface area contributed by atoms with Gasteiger partial charge in [0.05, 0.1) is 13.2 Å². The van der Waals surface area contributed by atoms with Crippen molar-refractivity contribution in [2.45, 2.75) is 258 Å². The van der Waals surface area contributed by atoms with Crippen LogP contribution >= 0.6 is 7.82 Å². The first kappa shape index (κ1) is 65.1. The molecule has 1 aliphatic heterocycles. The molecule has 0 radical (unpaired) electrons. The molecule has 1 heterocycles. The fourth-order valence-corrected chi connectivity index (χ4v) is 8.49. The first-order valence-electron chi connectivity index (χ1n) is 26.3. The number of hydrogen-bond acceptors (Lipinski definition) is 13. The van der Waals surface area contributed by atoms with Crippen molar-refractivity contribution in [2.75, 3.05) is 26.4 Å². The van der Waals surface area contributed by atoms with Gasteiger partial charge in [-0.25, -0.2) is 4.79 Å². The summed E-state index contributed by atoms with van der Waals surface area (Å²) in [5.74, 6) is -3.52. The molecule has 0 spiro atoms. The fourth-order valence-electron chi connectivity index (χ4n) is 7.75. The zero-order chi connectivity index (χ0) is 48.4. The average molecular weight is 981 g/mol. The van der Waals surface area contributed by atoms with Crippen molar-refractivity contribution in [1.29, 1.82) is 0 Å². The Kier molecular flexibility index (Phi) is 44.0. The Labute approximate surface area is 426 Å². The minimum atomic E-state index is -4.91. The Morgan fingerprint density at radius 2 is 0.925 bits per heavy atom. The van der Waals surface area contributed by atoms with Crippen molar-refractivity contribution in [3.05, 3.63) is 0 Å². The third-order valence-corrected chi connectivity index (χ3v) is 12.7. The van der Waals surface area contributed by atoms with E-state index in [1.807, 2.05) is 0 Å². The molecule has 0 aromatic rings. The van der Waals surface area contributed by atoms with Gasteiger partial charge < -0.3 is 33.6 Å². The van der Waals surface area contributed by atoms with Crippen LogP contribution in [-0.4, -0.2) is 73.2 Å². The second kappa shape index (κ2) is 45.3. The van der Waals surface area contributed by atoms with E-state index in [1.165, 1.54) is 141 Å². The van der Waals surface area contributed by atoms with Gasteiger partial charge in [0, 0.05) is 45.1 Å². The maximum atomic E-state index is 12.8. The quantitative estimate of drug-likeness (QED) is 0.0200. The van der Waals surface area contributed by atoms with Gasteiger partial charge in [0.25, 0.3) is 19.6 Å². The third-order valence-electron chi connectivity index (χ3n) is 11.8. The molecule has 67 heavy (non-hydrogen) atoms. The minimum Gasteiger partial charge on any atom is -0.756 e. The molecule has 0 saturated carbocycles. The molecular weight excluding hydrogens is 891 g/mol. The summed E-state index contributed by atoms with van der Waals surface area (Å²) < 4.78 is 33.3. The SMILES string of the molecule is CCCCCCCCCCCCCCCCCC(=O)OCC(COP(=O)([O-])OCCNC(=O)CCCC(=O)ON1C(=O)CCC1=O)OC(=O)CCCCCCCCCCCCCCCCC.[Na+]. The number of hydrogen-bond donors (Lipinski definition) is 1. The normalized spacial score (nSPS) is 13.8. The molecule has 0 aliphatic carbocycles. The molecule has 1 aliphatic rings. The van der Waals surface area contributed by atoms with Gasteiger partial charge in [-0.1, -0.05) is 194 Å². The van der Waals surface area contributed by atoms with E-state index in [0.717, 1.165) is 38.5 Å². The maximum Gasteiger partial charge on any atom is 1.00 e. The van der Waals surface area contributed by atoms with E-state index >= 15 is 0 Å². The van der Waals surface area contributed by atoms with Crippen LogP contribution in [0.25, 0.3) is 0 Å².